The van der Waals surface area contributed by atoms with Gasteiger partial charge < -0.3 is 29.4 Å². The number of rotatable bonds is 13. The number of hydrogen-bond donors (Lipinski definition) is 2. The molecule has 188 valence electrons. The Balaban J connectivity index is 2.39. The second-order valence-corrected chi connectivity index (χ2v) is 9.95. The Hall–Kier alpha value is -1.68. The van der Waals surface area contributed by atoms with E-state index in [1.165, 1.54) is 0 Å². The summed E-state index contributed by atoms with van der Waals surface area (Å²) in [5.41, 5.74) is 0.876. The molecule has 0 spiro atoms. The van der Waals surface area contributed by atoms with Gasteiger partial charge in [-0.3, -0.25) is 4.79 Å². The Morgan fingerprint density at radius 3 is 2.47 bits per heavy atom. The Morgan fingerprint density at radius 2 is 1.85 bits per heavy atom. The molecule has 0 aliphatic carbocycles. The van der Waals surface area contributed by atoms with Gasteiger partial charge in [0.1, 0.15) is 11.4 Å². The van der Waals surface area contributed by atoms with Gasteiger partial charge in [-0.2, -0.15) is 0 Å². The zero-order valence-corrected chi connectivity index (χ0v) is 22.3. The van der Waals surface area contributed by atoms with Crippen LogP contribution in [0.5, 0.6) is 5.75 Å². The normalized spacial score (nSPS) is 13.4. The second kappa shape index (κ2) is 14.0. The zero-order valence-electron chi connectivity index (χ0n) is 20.0. The largest absolute Gasteiger partial charge is 0.466 e. The molecule has 2 atom stereocenters. The van der Waals surface area contributed by atoms with Gasteiger partial charge in [-0.05, 0) is 38.5 Å². The van der Waals surface area contributed by atoms with Crippen molar-refractivity contribution in [3.63, 3.8) is 0 Å². The highest BCUT2D eigenvalue weighted by molar-refractivity contribution is 9.10. The lowest BCUT2D eigenvalue weighted by Gasteiger charge is -2.28. The van der Waals surface area contributed by atoms with Crippen LogP contribution < -0.4 is 10.1 Å². The van der Waals surface area contributed by atoms with Gasteiger partial charge in [0.25, 0.3) is 0 Å². The highest BCUT2D eigenvalue weighted by Gasteiger charge is 2.28. The molecule has 0 heterocycles. The molecule has 0 aromatic heterocycles. The van der Waals surface area contributed by atoms with Gasteiger partial charge in [0.15, 0.2) is 6.79 Å². The number of nitrogens with one attached hydrogen (secondary N) is 1. The summed E-state index contributed by atoms with van der Waals surface area (Å²) in [5.74, 6) is -0.0127. The second-order valence-electron chi connectivity index (χ2n) is 8.62. The van der Waals surface area contributed by atoms with Gasteiger partial charge in [-0.1, -0.05) is 57.9 Å². The molecular formula is C25H33BrClNO6. The summed E-state index contributed by atoms with van der Waals surface area (Å²) in [6, 6.07) is 12.0. The van der Waals surface area contributed by atoms with Crippen LogP contribution in [0.4, 0.5) is 0 Å². The molecule has 9 heteroatoms. The van der Waals surface area contributed by atoms with Gasteiger partial charge >= 0.3 is 5.97 Å². The minimum Gasteiger partial charge on any atom is -0.466 e. The maximum absolute atomic E-state index is 12.8. The Morgan fingerprint density at radius 1 is 1.15 bits per heavy atom. The fraction of sp³-hybridized carbons (Fsp3) is 0.480. The monoisotopic (exact) mass is 557 g/mol. The number of hydrogen-bond acceptors (Lipinski definition) is 7. The Kier molecular flexibility index (Phi) is 11.8. The molecule has 34 heavy (non-hydrogen) atoms. The molecule has 2 aromatic carbocycles. The maximum atomic E-state index is 12.8. The van der Waals surface area contributed by atoms with Gasteiger partial charge in [0.05, 0.1) is 37.3 Å². The summed E-state index contributed by atoms with van der Waals surface area (Å²) in [5, 5.41) is 13.9. The maximum Gasteiger partial charge on any atom is 0.308 e. The number of halogens is 2. The standard InChI is InChI=1S/C25H33BrClNO6/c1-25(2,3)34-23(30)14-21(28-22(15-29)17-8-6-5-7-9-17)19-12-18(26)13-20(27)24(19)33-16-32-11-10-31-4/h5-9,12-13,21-22,28-29H,10-11,14-16H2,1-4H3/t21?,22-/m0/s1. The molecule has 7 nitrogen and oxygen atoms in total. The molecule has 0 bridgehead atoms. The number of aliphatic hydroxyl groups is 1. The van der Waals surface area contributed by atoms with E-state index >= 15 is 0 Å². The van der Waals surface area contributed by atoms with E-state index in [4.69, 9.17) is 30.5 Å². The van der Waals surface area contributed by atoms with Gasteiger partial charge in [-0.15, -0.1) is 0 Å². The van der Waals surface area contributed by atoms with Crippen LogP contribution in [0.25, 0.3) is 0 Å². The molecule has 0 saturated carbocycles. The fourth-order valence-corrected chi connectivity index (χ4v) is 4.17. The fourth-order valence-electron chi connectivity index (χ4n) is 3.28. The highest BCUT2D eigenvalue weighted by Crippen LogP contribution is 2.38. The smallest absolute Gasteiger partial charge is 0.308 e. The van der Waals surface area contributed by atoms with Crippen LogP contribution in [-0.2, 0) is 19.0 Å². The summed E-state index contributed by atoms with van der Waals surface area (Å²) in [7, 11) is 1.59. The lowest BCUT2D eigenvalue weighted by molar-refractivity contribution is -0.155. The lowest BCUT2D eigenvalue weighted by Crippen LogP contribution is -2.33. The van der Waals surface area contributed by atoms with Crippen LogP contribution in [0.2, 0.25) is 5.02 Å². The van der Waals surface area contributed by atoms with E-state index in [2.05, 4.69) is 21.2 Å². The molecule has 0 aliphatic heterocycles. The van der Waals surface area contributed by atoms with Crippen LogP contribution in [0.3, 0.4) is 0 Å². The molecule has 0 fully saturated rings. The molecule has 1 unspecified atom stereocenters. The zero-order chi connectivity index (χ0) is 25.1. The first-order valence-corrected chi connectivity index (χ1v) is 12.1. The van der Waals surface area contributed by atoms with Crippen molar-refractivity contribution >= 4 is 33.5 Å². The number of esters is 1. The summed E-state index contributed by atoms with van der Waals surface area (Å²) >= 11 is 10.0. The molecule has 0 aliphatic rings. The van der Waals surface area contributed by atoms with Crippen LogP contribution in [0.1, 0.15) is 50.4 Å². The third kappa shape index (κ3) is 9.52. The summed E-state index contributed by atoms with van der Waals surface area (Å²) < 4.78 is 22.6. The number of carbonyl (C=O) groups is 1. The van der Waals surface area contributed by atoms with Crippen molar-refractivity contribution < 1.29 is 28.8 Å². The number of aliphatic hydroxyl groups excluding tert-OH is 1. The first kappa shape index (κ1) is 28.6. The topological polar surface area (TPSA) is 86.3 Å². The Labute approximate surface area is 214 Å². The molecule has 0 saturated heterocycles. The van der Waals surface area contributed by atoms with E-state index in [0.717, 1.165) is 10.0 Å². The number of methoxy groups -OCH3 is 1. The van der Waals surface area contributed by atoms with Gasteiger partial charge in [0, 0.05) is 23.2 Å². The first-order valence-electron chi connectivity index (χ1n) is 11.0. The third-order valence-electron chi connectivity index (χ3n) is 4.71. The summed E-state index contributed by atoms with van der Waals surface area (Å²) in [6.45, 7) is 6.02. The van der Waals surface area contributed by atoms with E-state index in [-0.39, 0.29) is 19.8 Å². The van der Waals surface area contributed by atoms with Gasteiger partial charge in [-0.25, -0.2) is 0 Å². The van der Waals surface area contributed by atoms with Crippen LogP contribution in [0, 0.1) is 0 Å². The summed E-state index contributed by atoms with van der Waals surface area (Å²) in [6.07, 6.45) is -0.00568. The van der Waals surface area contributed by atoms with Crippen molar-refractivity contribution in [1.82, 2.24) is 5.32 Å². The molecule has 2 aromatic rings. The molecule has 2 rings (SSSR count). The lowest BCUT2D eigenvalue weighted by atomic mass is 9.99. The third-order valence-corrected chi connectivity index (χ3v) is 5.45. The number of ether oxygens (including phenoxy) is 4. The average molecular weight is 559 g/mol. The van der Waals surface area contributed by atoms with Crippen molar-refractivity contribution in [2.24, 2.45) is 0 Å². The van der Waals surface area contributed by atoms with E-state index < -0.39 is 23.7 Å². The first-order chi connectivity index (χ1) is 16.1. The molecule has 2 N–H and O–H groups in total. The predicted octanol–water partition coefficient (Wildman–Crippen LogP) is 5.20. The van der Waals surface area contributed by atoms with Crippen molar-refractivity contribution in [3.8, 4) is 5.75 Å². The quantitative estimate of drug-likeness (QED) is 0.199. The van der Waals surface area contributed by atoms with Crippen LogP contribution >= 0.6 is 27.5 Å². The highest BCUT2D eigenvalue weighted by atomic mass is 79.9. The number of benzene rings is 2. The SMILES string of the molecule is COCCOCOc1c(Cl)cc(Br)cc1C(CC(=O)OC(C)(C)C)N[C@@H](CO)c1ccccc1. The van der Waals surface area contributed by atoms with Crippen molar-refractivity contribution in [3.05, 3.63) is 63.1 Å². The minimum atomic E-state index is -0.638. The molecular weight excluding hydrogens is 526 g/mol. The van der Waals surface area contributed by atoms with Gasteiger partial charge in [0.2, 0.25) is 0 Å². The summed E-state index contributed by atoms with van der Waals surface area (Å²) in [4.78, 5) is 12.8. The van der Waals surface area contributed by atoms with Crippen LogP contribution in [-0.4, -0.2) is 50.4 Å². The Bertz CT molecular complexity index is 906. The van der Waals surface area contributed by atoms with E-state index in [0.29, 0.717) is 29.5 Å². The van der Waals surface area contributed by atoms with E-state index in [1.54, 1.807) is 13.2 Å². The molecule has 0 amide bonds. The van der Waals surface area contributed by atoms with Crippen molar-refractivity contribution in [2.45, 2.75) is 44.9 Å². The minimum absolute atomic E-state index is 0.00568. The van der Waals surface area contributed by atoms with E-state index in [9.17, 15) is 9.90 Å². The average Bonchev–Trinajstić information content (AvgIpc) is 2.76. The number of carbonyl (C=O) groups excluding carboxylic acids is 1. The molecule has 0 radical (unpaired) electrons. The van der Waals surface area contributed by atoms with E-state index in [1.807, 2.05) is 57.2 Å². The van der Waals surface area contributed by atoms with Crippen molar-refractivity contribution in [1.29, 1.82) is 0 Å². The van der Waals surface area contributed by atoms with Crippen molar-refractivity contribution in [2.75, 3.05) is 33.7 Å². The predicted molar refractivity (Wildman–Crippen MR) is 135 cm³/mol. The van der Waals surface area contributed by atoms with Crippen LogP contribution in [0.15, 0.2) is 46.9 Å².